The van der Waals surface area contributed by atoms with E-state index in [0.717, 1.165) is 48.6 Å². The number of fused-ring (bicyclic) bond motifs is 1. The number of aromatic amines is 1. The molecule has 0 saturated carbocycles. The molecule has 0 amide bonds. The number of imidazole rings is 1. The van der Waals surface area contributed by atoms with Crippen LogP contribution in [0.2, 0.25) is 0 Å². The summed E-state index contributed by atoms with van der Waals surface area (Å²) in [7, 11) is 0. The van der Waals surface area contributed by atoms with Crippen molar-refractivity contribution in [3.8, 4) is 0 Å². The number of rotatable bonds is 3. The fourth-order valence-electron chi connectivity index (χ4n) is 2.26. The summed E-state index contributed by atoms with van der Waals surface area (Å²) in [6.45, 7) is 4.61. The number of nitrogens with zero attached hydrogens (tertiary/aromatic N) is 2. The molecule has 1 aliphatic rings. The zero-order valence-corrected chi connectivity index (χ0v) is 10.6. The number of H-pyrrole nitrogens is 1. The molecule has 96 valence electrons. The van der Waals surface area contributed by atoms with Crippen molar-refractivity contribution in [2.45, 2.75) is 32.5 Å². The van der Waals surface area contributed by atoms with Crippen molar-refractivity contribution in [3.05, 3.63) is 23.7 Å². The average Bonchev–Trinajstić information content (AvgIpc) is 2.79. The summed E-state index contributed by atoms with van der Waals surface area (Å²) in [5.41, 5.74) is 2.74. The Bertz CT molecular complexity index is 531. The van der Waals surface area contributed by atoms with Crippen LogP contribution in [0.4, 0.5) is 0 Å². The van der Waals surface area contributed by atoms with Crippen molar-refractivity contribution in [1.29, 1.82) is 0 Å². The molecule has 0 atom stereocenters. The summed E-state index contributed by atoms with van der Waals surface area (Å²) < 4.78 is 5.87. The largest absolute Gasteiger partial charge is 0.370 e. The second-order valence-corrected chi connectivity index (χ2v) is 4.77. The zero-order chi connectivity index (χ0) is 12.4. The van der Waals surface area contributed by atoms with Gasteiger partial charge in [0.2, 0.25) is 0 Å². The first kappa shape index (κ1) is 11.6. The van der Waals surface area contributed by atoms with E-state index >= 15 is 0 Å². The molecular weight excluding hydrogens is 228 g/mol. The van der Waals surface area contributed by atoms with Crippen LogP contribution in [0.3, 0.4) is 0 Å². The van der Waals surface area contributed by atoms with Crippen molar-refractivity contribution in [1.82, 2.24) is 20.3 Å². The smallest absolute Gasteiger partial charge is 0.178 e. The van der Waals surface area contributed by atoms with E-state index in [1.807, 2.05) is 19.1 Å². The van der Waals surface area contributed by atoms with Gasteiger partial charge in [-0.05, 0) is 45.0 Å². The second kappa shape index (κ2) is 5.04. The van der Waals surface area contributed by atoms with E-state index in [0.29, 0.717) is 12.7 Å². The number of hydrogen-bond acceptors (Lipinski definition) is 4. The summed E-state index contributed by atoms with van der Waals surface area (Å²) in [4.78, 5) is 12.1. The molecule has 1 aliphatic heterocycles. The lowest BCUT2D eigenvalue weighted by Gasteiger charge is -2.22. The highest BCUT2D eigenvalue weighted by Crippen LogP contribution is 2.13. The van der Waals surface area contributed by atoms with Crippen molar-refractivity contribution in [3.63, 3.8) is 0 Å². The standard InChI is InChI=1S/C13H18N4O/c1-9-2-3-11-13(15-9)17-12(16-11)8-18-10-4-6-14-7-5-10/h2-3,10,14H,4-8H2,1H3,(H,15,16,17). The van der Waals surface area contributed by atoms with E-state index in [2.05, 4.69) is 20.3 Å². The van der Waals surface area contributed by atoms with E-state index in [-0.39, 0.29) is 0 Å². The molecule has 2 N–H and O–H groups in total. The molecule has 3 heterocycles. The first-order valence-electron chi connectivity index (χ1n) is 6.46. The number of aromatic nitrogens is 3. The fourth-order valence-corrected chi connectivity index (χ4v) is 2.26. The van der Waals surface area contributed by atoms with Crippen LogP contribution < -0.4 is 5.32 Å². The highest BCUT2D eigenvalue weighted by Gasteiger charge is 2.14. The van der Waals surface area contributed by atoms with E-state index in [1.165, 1.54) is 0 Å². The van der Waals surface area contributed by atoms with Gasteiger partial charge in [0.25, 0.3) is 0 Å². The Kier molecular flexibility index (Phi) is 3.25. The quantitative estimate of drug-likeness (QED) is 0.862. The van der Waals surface area contributed by atoms with Crippen LogP contribution in [0.25, 0.3) is 11.2 Å². The SMILES string of the molecule is Cc1ccc2[nH]c(COC3CCNCC3)nc2n1. The number of ether oxygens (including phenoxy) is 1. The van der Waals surface area contributed by atoms with Crippen LogP contribution in [0, 0.1) is 6.92 Å². The third-order valence-corrected chi connectivity index (χ3v) is 3.28. The average molecular weight is 246 g/mol. The monoisotopic (exact) mass is 246 g/mol. The fraction of sp³-hybridized carbons (Fsp3) is 0.538. The van der Waals surface area contributed by atoms with E-state index in [4.69, 9.17) is 4.74 Å². The molecule has 3 rings (SSSR count). The topological polar surface area (TPSA) is 62.8 Å². The van der Waals surface area contributed by atoms with Crippen LogP contribution in [-0.2, 0) is 11.3 Å². The maximum Gasteiger partial charge on any atom is 0.178 e. The van der Waals surface area contributed by atoms with Crippen LogP contribution in [-0.4, -0.2) is 34.1 Å². The van der Waals surface area contributed by atoms with Gasteiger partial charge in [0, 0.05) is 5.69 Å². The van der Waals surface area contributed by atoms with Crippen molar-refractivity contribution < 1.29 is 4.74 Å². The van der Waals surface area contributed by atoms with Crippen LogP contribution in [0.15, 0.2) is 12.1 Å². The van der Waals surface area contributed by atoms with Crippen molar-refractivity contribution >= 4 is 11.2 Å². The highest BCUT2D eigenvalue weighted by atomic mass is 16.5. The van der Waals surface area contributed by atoms with Gasteiger partial charge in [-0.15, -0.1) is 0 Å². The predicted octanol–water partition coefficient (Wildman–Crippen LogP) is 1.53. The molecule has 1 saturated heterocycles. The van der Waals surface area contributed by atoms with E-state index < -0.39 is 0 Å². The minimum absolute atomic E-state index is 0.356. The third kappa shape index (κ3) is 2.52. The van der Waals surface area contributed by atoms with Crippen LogP contribution in [0.1, 0.15) is 24.4 Å². The first-order valence-corrected chi connectivity index (χ1v) is 6.46. The molecule has 0 unspecified atom stereocenters. The summed E-state index contributed by atoms with van der Waals surface area (Å²) in [6, 6.07) is 4.00. The van der Waals surface area contributed by atoms with E-state index in [1.54, 1.807) is 0 Å². The maximum atomic E-state index is 5.87. The molecule has 0 radical (unpaired) electrons. The van der Waals surface area contributed by atoms with Crippen LogP contribution >= 0.6 is 0 Å². The van der Waals surface area contributed by atoms with Gasteiger partial charge in [0.05, 0.1) is 11.6 Å². The predicted molar refractivity (Wildman–Crippen MR) is 69.3 cm³/mol. The molecular formula is C13H18N4O. The van der Waals surface area contributed by atoms with Gasteiger partial charge in [-0.1, -0.05) is 0 Å². The number of pyridine rings is 1. The Morgan fingerprint density at radius 1 is 1.28 bits per heavy atom. The Morgan fingerprint density at radius 3 is 2.94 bits per heavy atom. The molecule has 5 heteroatoms. The maximum absolute atomic E-state index is 5.87. The second-order valence-electron chi connectivity index (χ2n) is 4.77. The number of nitrogens with one attached hydrogen (secondary N) is 2. The lowest BCUT2D eigenvalue weighted by Crippen LogP contribution is -2.32. The zero-order valence-electron chi connectivity index (χ0n) is 10.6. The van der Waals surface area contributed by atoms with Gasteiger partial charge in [0.15, 0.2) is 5.65 Å². The van der Waals surface area contributed by atoms with Crippen LogP contribution in [0.5, 0.6) is 0 Å². The molecule has 18 heavy (non-hydrogen) atoms. The first-order chi connectivity index (χ1) is 8.81. The lowest BCUT2D eigenvalue weighted by atomic mass is 10.1. The van der Waals surface area contributed by atoms with Gasteiger partial charge in [-0.2, -0.15) is 0 Å². The molecule has 0 spiro atoms. The molecule has 0 aromatic carbocycles. The lowest BCUT2D eigenvalue weighted by molar-refractivity contribution is 0.0182. The minimum atomic E-state index is 0.356. The van der Waals surface area contributed by atoms with Crippen molar-refractivity contribution in [2.24, 2.45) is 0 Å². The van der Waals surface area contributed by atoms with Gasteiger partial charge in [-0.25, -0.2) is 9.97 Å². The number of piperidine rings is 1. The van der Waals surface area contributed by atoms with Crippen molar-refractivity contribution in [2.75, 3.05) is 13.1 Å². The molecule has 0 bridgehead atoms. The Morgan fingerprint density at radius 2 is 2.11 bits per heavy atom. The Labute approximate surface area is 106 Å². The van der Waals surface area contributed by atoms with Gasteiger partial charge in [0.1, 0.15) is 12.4 Å². The molecule has 0 aliphatic carbocycles. The Hall–Kier alpha value is -1.46. The highest BCUT2D eigenvalue weighted by molar-refractivity contribution is 5.70. The third-order valence-electron chi connectivity index (χ3n) is 3.28. The summed E-state index contributed by atoms with van der Waals surface area (Å²) in [5, 5.41) is 3.33. The summed E-state index contributed by atoms with van der Waals surface area (Å²) in [6.07, 6.45) is 2.52. The van der Waals surface area contributed by atoms with E-state index in [9.17, 15) is 0 Å². The van der Waals surface area contributed by atoms with Gasteiger partial charge in [-0.3, -0.25) is 0 Å². The minimum Gasteiger partial charge on any atom is -0.370 e. The molecule has 2 aromatic heterocycles. The molecule has 2 aromatic rings. The number of hydrogen-bond donors (Lipinski definition) is 2. The van der Waals surface area contributed by atoms with Gasteiger partial charge >= 0.3 is 0 Å². The molecule has 5 nitrogen and oxygen atoms in total. The Balaban J connectivity index is 1.67. The van der Waals surface area contributed by atoms with Gasteiger partial charge < -0.3 is 15.0 Å². The molecule has 1 fully saturated rings. The summed E-state index contributed by atoms with van der Waals surface area (Å²) in [5.74, 6) is 0.863. The normalized spacial score (nSPS) is 17.4. The summed E-state index contributed by atoms with van der Waals surface area (Å²) >= 11 is 0. The number of aryl methyl sites for hydroxylation is 1.